The number of carbonyl (C=O) groups excluding carboxylic acids is 1. The highest BCUT2D eigenvalue weighted by molar-refractivity contribution is 5.97. The van der Waals surface area contributed by atoms with Gasteiger partial charge in [0, 0.05) is 18.8 Å². The molecule has 0 radical (unpaired) electrons. The van der Waals surface area contributed by atoms with Gasteiger partial charge in [0.15, 0.2) is 0 Å². The molecule has 4 N–H and O–H groups in total. The molecule has 0 bridgehead atoms. The zero-order valence-electron chi connectivity index (χ0n) is 10.8. The molecular formula is C13H20N2O3. The number of nitrogens with one attached hydrogen (secondary N) is 1. The van der Waals surface area contributed by atoms with E-state index in [-0.39, 0.29) is 18.4 Å². The molecule has 5 heteroatoms. The third kappa shape index (κ3) is 3.92. The number of hydrogen-bond donors (Lipinski definition) is 3. The van der Waals surface area contributed by atoms with Crippen LogP contribution in [0, 0.1) is 5.92 Å². The van der Waals surface area contributed by atoms with Crippen molar-refractivity contribution >= 4 is 11.6 Å². The monoisotopic (exact) mass is 252 g/mol. The average molecular weight is 252 g/mol. The van der Waals surface area contributed by atoms with Crippen LogP contribution in [-0.2, 0) is 0 Å². The number of hydrogen-bond acceptors (Lipinski definition) is 4. The first-order valence-corrected chi connectivity index (χ1v) is 5.91. The van der Waals surface area contributed by atoms with Gasteiger partial charge in [-0.05, 0) is 30.5 Å². The lowest BCUT2D eigenvalue weighted by molar-refractivity contribution is 0.0942. The van der Waals surface area contributed by atoms with Crippen molar-refractivity contribution in [2.75, 3.05) is 26.0 Å². The van der Waals surface area contributed by atoms with Crippen LogP contribution in [-0.4, -0.2) is 31.3 Å². The number of aliphatic hydroxyl groups excluding tert-OH is 1. The molecule has 0 heterocycles. The smallest absolute Gasteiger partial charge is 0.255 e. The van der Waals surface area contributed by atoms with E-state index in [4.69, 9.17) is 15.6 Å². The lowest BCUT2D eigenvalue weighted by Crippen LogP contribution is -2.29. The fraction of sp³-hybridized carbons (Fsp3) is 0.462. The summed E-state index contributed by atoms with van der Waals surface area (Å²) in [5.74, 6) is 0.506. The number of nitrogen functional groups attached to an aromatic ring is 1. The molecule has 0 spiro atoms. The maximum atomic E-state index is 12.0. The first-order chi connectivity index (χ1) is 8.58. The maximum Gasteiger partial charge on any atom is 0.255 e. The second kappa shape index (κ2) is 6.86. The van der Waals surface area contributed by atoms with Crippen molar-refractivity contribution in [3.05, 3.63) is 23.8 Å². The Bertz CT molecular complexity index is 407. The molecule has 1 amide bonds. The Morgan fingerprint density at radius 3 is 2.89 bits per heavy atom. The molecule has 18 heavy (non-hydrogen) atoms. The summed E-state index contributed by atoms with van der Waals surface area (Å²) in [7, 11) is 1.51. The Morgan fingerprint density at radius 1 is 1.56 bits per heavy atom. The van der Waals surface area contributed by atoms with E-state index in [0.717, 1.165) is 0 Å². The van der Waals surface area contributed by atoms with Crippen LogP contribution in [0.2, 0.25) is 0 Å². The standard InChI is InChI=1S/C13H20N2O3/c1-9(5-6-16)8-15-13(17)11-7-10(14)3-4-12(11)18-2/h3-4,7,9,16H,5-6,8,14H2,1-2H3,(H,15,17). The summed E-state index contributed by atoms with van der Waals surface area (Å²) >= 11 is 0. The van der Waals surface area contributed by atoms with Crippen molar-refractivity contribution < 1.29 is 14.6 Å². The molecule has 1 atom stereocenters. The van der Waals surface area contributed by atoms with Gasteiger partial charge in [-0.15, -0.1) is 0 Å². The van der Waals surface area contributed by atoms with E-state index in [9.17, 15) is 4.79 Å². The summed E-state index contributed by atoms with van der Waals surface area (Å²) in [6.45, 7) is 2.60. The number of benzene rings is 1. The summed E-state index contributed by atoms with van der Waals surface area (Å²) < 4.78 is 5.12. The zero-order chi connectivity index (χ0) is 13.5. The fourth-order valence-corrected chi connectivity index (χ4v) is 1.59. The SMILES string of the molecule is COc1ccc(N)cc1C(=O)NCC(C)CCO. The van der Waals surface area contributed by atoms with Gasteiger partial charge >= 0.3 is 0 Å². The lowest BCUT2D eigenvalue weighted by atomic mass is 10.1. The van der Waals surface area contributed by atoms with Gasteiger partial charge in [0.25, 0.3) is 5.91 Å². The number of anilines is 1. The van der Waals surface area contributed by atoms with Crippen molar-refractivity contribution in [1.29, 1.82) is 0 Å². The number of methoxy groups -OCH3 is 1. The Kier molecular flexibility index (Phi) is 5.45. The molecule has 100 valence electrons. The molecule has 0 aliphatic rings. The second-order valence-electron chi connectivity index (χ2n) is 4.29. The van der Waals surface area contributed by atoms with Crippen LogP contribution in [0.25, 0.3) is 0 Å². The van der Waals surface area contributed by atoms with Crippen molar-refractivity contribution in [2.24, 2.45) is 5.92 Å². The van der Waals surface area contributed by atoms with E-state index in [1.165, 1.54) is 7.11 Å². The van der Waals surface area contributed by atoms with Gasteiger partial charge in [-0.25, -0.2) is 0 Å². The molecule has 0 saturated carbocycles. The van der Waals surface area contributed by atoms with Crippen LogP contribution in [0.3, 0.4) is 0 Å². The van der Waals surface area contributed by atoms with Crippen molar-refractivity contribution in [1.82, 2.24) is 5.32 Å². The van der Waals surface area contributed by atoms with E-state index in [2.05, 4.69) is 5.32 Å². The Labute approximate surface area is 107 Å². The summed E-state index contributed by atoms with van der Waals surface area (Å²) in [5.41, 5.74) is 6.60. The van der Waals surface area contributed by atoms with Gasteiger partial charge in [0.05, 0.1) is 12.7 Å². The van der Waals surface area contributed by atoms with Crippen molar-refractivity contribution in [2.45, 2.75) is 13.3 Å². The van der Waals surface area contributed by atoms with Crippen LogP contribution in [0.15, 0.2) is 18.2 Å². The predicted octanol–water partition coefficient (Wildman–Crippen LogP) is 1.03. The maximum absolute atomic E-state index is 12.0. The highest BCUT2D eigenvalue weighted by atomic mass is 16.5. The highest BCUT2D eigenvalue weighted by Gasteiger charge is 2.13. The molecule has 0 aromatic heterocycles. The van der Waals surface area contributed by atoms with Crippen LogP contribution in [0.1, 0.15) is 23.7 Å². The summed E-state index contributed by atoms with van der Waals surface area (Å²) in [4.78, 5) is 12.0. The Balaban J connectivity index is 2.68. The Hall–Kier alpha value is -1.75. The van der Waals surface area contributed by atoms with E-state index in [0.29, 0.717) is 30.0 Å². The summed E-state index contributed by atoms with van der Waals surface area (Å²) in [6.07, 6.45) is 0.661. The number of nitrogens with two attached hydrogens (primary N) is 1. The quantitative estimate of drug-likeness (QED) is 0.660. The van der Waals surface area contributed by atoms with Crippen molar-refractivity contribution in [3.63, 3.8) is 0 Å². The molecule has 0 aliphatic carbocycles. The molecule has 0 fully saturated rings. The number of amides is 1. The minimum absolute atomic E-state index is 0.124. The van der Waals surface area contributed by atoms with Gasteiger partial charge in [-0.3, -0.25) is 4.79 Å². The molecule has 1 rings (SSSR count). The minimum Gasteiger partial charge on any atom is -0.496 e. The second-order valence-corrected chi connectivity index (χ2v) is 4.29. The molecule has 1 unspecified atom stereocenters. The van der Waals surface area contributed by atoms with Gasteiger partial charge in [0.1, 0.15) is 5.75 Å². The topological polar surface area (TPSA) is 84.6 Å². The predicted molar refractivity (Wildman–Crippen MR) is 70.6 cm³/mol. The van der Waals surface area contributed by atoms with E-state index in [1.54, 1.807) is 18.2 Å². The molecule has 1 aromatic rings. The number of aliphatic hydroxyl groups is 1. The molecule has 0 saturated heterocycles. The third-order valence-corrected chi connectivity index (χ3v) is 2.70. The molecule has 1 aromatic carbocycles. The zero-order valence-corrected chi connectivity index (χ0v) is 10.8. The van der Waals surface area contributed by atoms with Crippen molar-refractivity contribution in [3.8, 4) is 5.75 Å². The highest BCUT2D eigenvalue weighted by Crippen LogP contribution is 2.20. The van der Waals surface area contributed by atoms with Crippen LogP contribution < -0.4 is 15.8 Å². The largest absolute Gasteiger partial charge is 0.496 e. The first kappa shape index (κ1) is 14.3. The average Bonchev–Trinajstić information content (AvgIpc) is 2.36. The van der Waals surface area contributed by atoms with E-state index >= 15 is 0 Å². The number of ether oxygens (including phenoxy) is 1. The Morgan fingerprint density at radius 2 is 2.28 bits per heavy atom. The van der Waals surface area contributed by atoms with Gasteiger partial charge < -0.3 is 20.9 Å². The fourth-order valence-electron chi connectivity index (χ4n) is 1.59. The third-order valence-electron chi connectivity index (χ3n) is 2.70. The molecular weight excluding hydrogens is 232 g/mol. The molecule has 5 nitrogen and oxygen atoms in total. The minimum atomic E-state index is -0.219. The number of carbonyl (C=O) groups is 1. The first-order valence-electron chi connectivity index (χ1n) is 5.91. The van der Waals surface area contributed by atoms with Crippen LogP contribution in [0.4, 0.5) is 5.69 Å². The van der Waals surface area contributed by atoms with Crippen LogP contribution >= 0.6 is 0 Å². The normalized spacial score (nSPS) is 11.9. The van der Waals surface area contributed by atoms with E-state index in [1.807, 2.05) is 6.92 Å². The number of rotatable bonds is 6. The molecule has 0 aliphatic heterocycles. The lowest BCUT2D eigenvalue weighted by Gasteiger charge is -2.13. The summed E-state index contributed by atoms with van der Waals surface area (Å²) in [5, 5.41) is 11.6. The van der Waals surface area contributed by atoms with E-state index < -0.39 is 0 Å². The summed E-state index contributed by atoms with van der Waals surface area (Å²) in [6, 6.07) is 4.94. The van der Waals surface area contributed by atoms with Gasteiger partial charge in [-0.2, -0.15) is 0 Å². The van der Waals surface area contributed by atoms with Gasteiger partial charge in [0.2, 0.25) is 0 Å². The van der Waals surface area contributed by atoms with Gasteiger partial charge in [-0.1, -0.05) is 6.92 Å². The van der Waals surface area contributed by atoms with Crippen LogP contribution in [0.5, 0.6) is 5.75 Å².